The molecule has 1 aliphatic carbocycles. The predicted octanol–water partition coefficient (Wildman–Crippen LogP) is 1.60. The molecule has 0 bridgehead atoms. The van der Waals surface area contributed by atoms with Gasteiger partial charge in [-0.15, -0.1) is 0 Å². The van der Waals surface area contributed by atoms with E-state index in [1.54, 1.807) is 18.6 Å². The summed E-state index contributed by atoms with van der Waals surface area (Å²) >= 11 is 0. The maximum absolute atomic E-state index is 10.7. The smallest absolute Gasteiger partial charge is 0.391 e. The summed E-state index contributed by atoms with van der Waals surface area (Å²) in [4.78, 5) is 19.1. The first-order valence-electron chi connectivity index (χ1n) is 6.23. The first-order chi connectivity index (χ1) is 9.24. The van der Waals surface area contributed by atoms with Crippen LogP contribution in [0.5, 0.6) is 5.88 Å². The fourth-order valence-corrected chi connectivity index (χ4v) is 2.40. The van der Waals surface area contributed by atoms with Gasteiger partial charge in [-0.05, 0) is 31.7 Å². The molecule has 1 amide bonds. The minimum absolute atomic E-state index is 0.197. The maximum Gasteiger partial charge on any atom is 0.411 e. The number of carbonyl (C=O) groups excluding carboxylic acids is 1. The number of fused-ring (bicyclic) bond motifs is 1. The summed E-state index contributed by atoms with van der Waals surface area (Å²) in [6, 6.07) is 3.53. The van der Waals surface area contributed by atoms with Crippen LogP contribution in [-0.4, -0.2) is 20.6 Å². The van der Waals surface area contributed by atoms with E-state index in [2.05, 4.69) is 9.97 Å². The lowest BCUT2D eigenvalue weighted by Gasteiger charge is -2.14. The molecule has 3 rings (SSSR count). The van der Waals surface area contributed by atoms with E-state index >= 15 is 0 Å². The van der Waals surface area contributed by atoms with Crippen LogP contribution < -0.4 is 10.5 Å². The predicted molar refractivity (Wildman–Crippen MR) is 68.2 cm³/mol. The molecule has 0 fully saturated rings. The number of nitrogens with zero attached hydrogens (tertiary/aromatic N) is 3. The first-order valence-corrected chi connectivity index (χ1v) is 6.23. The third kappa shape index (κ3) is 2.29. The van der Waals surface area contributed by atoms with Crippen LogP contribution in [-0.2, 0) is 12.8 Å². The normalized spacial score (nSPS) is 13.9. The number of aromatic nitrogens is 3. The summed E-state index contributed by atoms with van der Waals surface area (Å²) < 4.78 is 6.81. The molecule has 6 heteroatoms. The Hall–Kier alpha value is -2.37. The van der Waals surface area contributed by atoms with Crippen LogP contribution >= 0.6 is 0 Å². The molecule has 0 spiro atoms. The second-order valence-electron chi connectivity index (χ2n) is 4.49. The van der Waals surface area contributed by atoms with Crippen molar-refractivity contribution in [1.82, 2.24) is 14.5 Å². The molecular weight excluding hydrogens is 244 g/mol. The highest BCUT2D eigenvalue weighted by Gasteiger charge is 2.16. The first kappa shape index (κ1) is 11.7. The molecule has 0 unspecified atom stereocenters. The zero-order valence-corrected chi connectivity index (χ0v) is 10.4. The average molecular weight is 258 g/mol. The van der Waals surface area contributed by atoms with E-state index in [4.69, 9.17) is 10.5 Å². The van der Waals surface area contributed by atoms with Crippen LogP contribution in [0.25, 0.3) is 5.69 Å². The van der Waals surface area contributed by atoms with Crippen LogP contribution in [0.15, 0.2) is 24.7 Å². The van der Waals surface area contributed by atoms with Crippen molar-refractivity contribution in [1.29, 1.82) is 0 Å². The standard InChI is InChI=1S/C13H14N4O2/c14-13(18)19-12-7-9(5-6-15-12)17-8-16-10-3-1-2-4-11(10)17/h5-8H,1-4H2,(H2,14,18). The highest BCUT2D eigenvalue weighted by atomic mass is 16.6. The Morgan fingerprint density at radius 3 is 3.00 bits per heavy atom. The molecule has 0 aliphatic heterocycles. The summed E-state index contributed by atoms with van der Waals surface area (Å²) in [5.41, 5.74) is 8.24. The van der Waals surface area contributed by atoms with Gasteiger partial charge in [-0.2, -0.15) is 0 Å². The van der Waals surface area contributed by atoms with Gasteiger partial charge in [0.15, 0.2) is 0 Å². The number of carbonyl (C=O) groups is 1. The van der Waals surface area contributed by atoms with Gasteiger partial charge in [0.25, 0.3) is 0 Å². The highest BCUT2D eigenvalue weighted by molar-refractivity contribution is 5.67. The van der Waals surface area contributed by atoms with Gasteiger partial charge in [-0.25, -0.2) is 14.8 Å². The largest absolute Gasteiger partial charge is 0.411 e. The number of hydrogen-bond acceptors (Lipinski definition) is 4. The number of aryl methyl sites for hydroxylation is 1. The number of hydrogen-bond donors (Lipinski definition) is 1. The van der Waals surface area contributed by atoms with Gasteiger partial charge in [0.1, 0.15) is 0 Å². The number of pyridine rings is 1. The minimum Gasteiger partial charge on any atom is -0.391 e. The highest BCUT2D eigenvalue weighted by Crippen LogP contribution is 2.24. The van der Waals surface area contributed by atoms with E-state index in [9.17, 15) is 4.79 Å². The topological polar surface area (TPSA) is 83.0 Å². The number of primary amides is 1. The van der Waals surface area contributed by atoms with Gasteiger partial charge in [-0.1, -0.05) is 0 Å². The van der Waals surface area contributed by atoms with Crippen molar-refractivity contribution in [3.63, 3.8) is 0 Å². The molecule has 2 aromatic rings. The quantitative estimate of drug-likeness (QED) is 0.886. The SMILES string of the molecule is NC(=O)Oc1cc(-n2cnc3c2CCCC3)ccn1. The second kappa shape index (κ2) is 4.72. The molecular formula is C13H14N4O2. The number of amides is 1. The molecule has 0 saturated heterocycles. The summed E-state index contributed by atoms with van der Waals surface area (Å²) in [5.74, 6) is 0.197. The van der Waals surface area contributed by atoms with Gasteiger partial charge in [0, 0.05) is 18.0 Å². The average Bonchev–Trinajstić information content (AvgIpc) is 2.82. The summed E-state index contributed by atoms with van der Waals surface area (Å²) in [7, 11) is 0. The fraction of sp³-hybridized carbons (Fsp3) is 0.308. The van der Waals surface area contributed by atoms with E-state index in [0.29, 0.717) is 0 Å². The lowest BCUT2D eigenvalue weighted by molar-refractivity contribution is 0.209. The zero-order chi connectivity index (χ0) is 13.2. The van der Waals surface area contributed by atoms with Crippen LogP contribution in [0.3, 0.4) is 0 Å². The Morgan fingerprint density at radius 2 is 2.16 bits per heavy atom. The molecule has 19 heavy (non-hydrogen) atoms. The number of imidazole rings is 1. The molecule has 2 heterocycles. The number of rotatable bonds is 2. The number of nitrogens with two attached hydrogens (primary N) is 1. The lowest BCUT2D eigenvalue weighted by atomic mass is 10.0. The van der Waals surface area contributed by atoms with Crippen molar-refractivity contribution in [3.8, 4) is 11.6 Å². The lowest BCUT2D eigenvalue weighted by Crippen LogP contribution is -2.17. The van der Waals surface area contributed by atoms with Gasteiger partial charge in [-0.3, -0.25) is 0 Å². The van der Waals surface area contributed by atoms with Crippen LogP contribution in [0, 0.1) is 0 Å². The van der Waals surface area contributed by atoms with E-state index in [-0.39, 0.29) is 5.88 Å². The van der Waals surface area contributed by atoms with E-state index in [0.717, 1.165) is 24.2 Å². The monoisotopic (exact) mass is 258 g/mol. The summed E-state index contributed by atoms with van der Waals surface area (Å²) in [6.07, 6.45) is 6.94. The maximum atomic E-state index is 10.7. The third-order valence-electron chi connectivity index (χ3n) is 3.23. The Labute approximate surface area is 110 Å². The molecule has 1 aliphatic rings. The van der Waals surface area contributed by atoms with Gasteiger partial charge in [0.2, 0.25) is 5.88 Å². The van der Waals surface area contributed by atoms with Gasteiger partial charge >= 0.3 is 6.09 Å². The summed E-state index contributed by atoms with van der Waals surface area (Å²) in [6.45, 7) is 0. The molecule has 2 aromatic heterocycles. The Kier molecular flexibility index (Phi) is 2.91. The van der Waals surface area contributed by atoms with Crippen molar-refractivity contribution < 1.29 is 9.53 Å². The Bertz CT molecular complexity index is 621. The second-order valence-corrected chi connectivity index (χ2v) is 4.49. The van der Waals surface area contributed by atoms with E-state index in [1.807, 2.05) is 10.6 Å². The fourth-order valence-electron chi connectivity index (χ4n) is 2.40. The zero-order valence-electron chi connectivity index (χ0n) is 10.4. The summed E-state index contributed by atoms with van der Waals surface area (Å²) in [5, 5.41) is 0. The molecule has 0 saturated carbocycles. The van der Waals surface area contributed by atoms with Crippen molar-refractivity contribution in [2.75, 3.05) is 0 Å². The third-order valence-corrected chi connectivity index (χ3v) is 3.23. The van der Waals surface area contributed by atoms with Gasteiger partial charge in [0.05, 0.1) is 17.7 Å². The molecule has 6 nitrogen and oxygen atoms in total. The van der Waals surface area contributed by atoms with Gasteiger partial charge < -0.3 is 15.0 Å². The van der Waals surface area contributed by atoms with Crippen LogP contribution in [0.2, 0.25) is 0 Å². The molecule has 0 radical (unpaired) electrons. The molecule has 2 N–H and O–H groups in total. The van der Waals surface area contributed by atoms with Crippen molar-refractivity contribution in [3.05, 3.63) is 36.0 Å². The van der Waals surface area contributed by atoms with Crippen LogP contribution in [0.1, 0.15) is 24.2 Å². The minimum atomic E-state index is -0.864. The molecule has 0 atom stereocenters. The van der Waals surface area contributed by atoms with E-state index < -0.39 is 6.09 Å². The van der Waals surface area contributed by atoms with Crippen LogP contribution in [0.4, 0.5) is 4.79 Å². The Morgan fingerprint density at radius 1 is 1.32 bits per heavy atom. The van der Waals surface area contributed by atoms with Crippen molar-refractivity contribution in [2.45, 2.75) is 25.7 Å². The Balaban J connectivity index is 1.97. The molecule has 98 valence electrons. The number of ether oxygens (including phenoxy) is 1. The molecule has 0 aromatic carbocycles. The van der Waals surface area contributed by atoms with Crippen molar-refractivity contribution in [2.24, 2.45) is 5.73 Å². The van der Waals surface area contributed by atoms with E-state index in [1.165, 1.54) is 18.5 Å². The van der Waals surface area contributed by atoms with Crippen molar-refractivity contribution >= 4 is 6.09 Å².